The first kappa shape index (κ1) is 23.8. The van der Waals surface area contributed by atoms with Gasteiger partial charge in [0.2, 0.25) is 5.91 Å². The van der Waals surface area contributed by atoms with Crippen LogP contribution in [0.4, 0.5) is 4.79 Å². The van der Waals surface area contributed by atoms with Crippen molar-refractivity contribution < 1.29 is 24.2 Å². The first-order chi connectivity index (χ1) is 16.1. The molecule has 2 aliphatic carbocycles. The van der Waals surface area contributed by atoms with Crippen LogP contribution in [0.25, 0.3) is 11.1 Å². The van der Waals surface area contributed by atoms with Crippen LogP contribution in [-0.4, -0.2) is 42.3 Å². The number of amides is 2. The molecule has 0 saturated heterocycles. The first-order valence-corrected chi connectivity index (χ1v) is 11.8. The highest BCUT2D eigenvalue weighted by Gasteiger charge is 2.44. The number of aliphatic carboxylic acids is 1. The number of rotatable bonds is 8. The minimum atomic E-state index is -0.940. The number of carbonyl (C=O) groups excluding carboxylic acids is 2. The third-order valence-corrected chi connectivity index (χ3v) is 6.85. The van der Waals surface area contributed by atoms with E-state index in [-0.39, 0.29) is 42.1 Å². The van der Waals surface area contributed by atoms with Gasteiger partial charge in [0.05, 0.1) is 6.42 Å². The van der Waals surface area contributed by atoms with E-state index in [1.54, 1.807) is 0 Å². The van der Waals surface area contributed by atoms with E-state index in [0.717, 1.165) is 11.1 Å². The van der Waals surface area contributed by atoms with Gasteiger partial charge >= 0.3 is 12.1 Å². The summed E-state index contributed by atoms with van der Waals surface area (Å²) in [7, 11) is 0. The van der Waals surface area contributed by atoms with Crippen molar-refractivity contribution in [1.29, 1.82) is 0 Å². The van der Waals surface area contributed by atoms with Crippen molar-refractivity contribution in [3.63, 3.8) is 0 Å². The Bertz CT molecular complexity index is 1040. The van der Waals surface area contributed by atoms with E-state index in [9.17, 15) is 14.4 Å². The highest BCUT2D eigenvalue weighted by Crippen LogP contribution is 2.44. The van der Waals surface area contributed by atoms with Crippen LogP contribution < -0.4 is 10.6 Å². The lowest BCUT2D eigenvalue weighted by molar-refractivity contribution is -0.138. The Morgan fingerprint density at radius 2 is 1.62 bits per heavy atom. The molecule has 0 spiro atoms. The molecule has 3 atom stereocenters. The summed E-state index contributed by atoms with van der Waals surface area (Å²) in [6, 6.07) is 15.9. The van der Waals surface area contributed by atoms with Crippen molar-refractivity contribution in [3.8, 4) is 11.1 Å². The molecule has 1 fully saturated rings. The maximum absolute atomic E-state index is 12.6. The van der Waals surface area contributed by atoms with Crippen molar-refractivity contribution in [2.24, 2.45) is 17.3 Å². The van der Waals surface area contributed by atoms with Crippen LogP contribution >= 0.6 is 0 Å². The zero-order valence-electron chi connectivity index (χ0n) is 19.8. The van der Waals surface area contributed by atoms with Crippen LogP contribution in [0.5, 0.6) is 0 Å². The minimum Gasteiger partial charge on any atom is -0.481 e. The predicted octanol–water partition coefficient (Wildman–Crippen LogP) is 4.17. The van der Waals surface area contributed by atoms with Crippen LogP contribution in [0.1, 0.15) is 50.7 Å². The fourth-order valence-electron chi connectivity index (χ4n) is 4.69. The van der Waals surface area contributed by atoms with Gasteiger partial charge in [0.15, 0.2) is 0 Å². The van der Waals surface area contributed by atoms with E-state index in [2.05, 4.69) is 34.9 Å². The molecular formula is C27H32N2O5. The van der Waals surface area contributed by atoms with Crippen LogP contribution in [-0.2, 0) is 14.3 Å². The van der Waals surface area contributed by atoms with Crippen LogP contribution in [0.3, 0.4) is 0 Å². The molecule has 0 bridgehead atoms. The molecule has 2 aromatic carbocycles. The van der Waals surface area contributed by atoms with Crippen molar-refractivity contribution in [2.45, 2.75) is 45.6 Å². The molecule has 7 heteroatoms. The molecule has 3 N–H and O–H groups in total. The van der Waals surface area contributed by atoms with Gasteiger partial charge in [-0.2, -0.15) is 0 Å². The Morgan fingerprint density at radius 1 is 1.03 bits per heavy atom. The van der Waals surface area contributed by atoms with Crippen molar-refractivity contribution in [1.82, 2.24) is 10.6 Å². The number of hydrogen-bond acceptors (Lipinski definition) is 4. The van der Waals surface area contributed by atoms with Crippen LogP contribution in [0, 0.1) is 17.3 Å². The van der Waals surface area contributed by atoms with E-state index in [0.29, 0.717) is 13.0 Å². The molecule has 0 aromatic heterocycles. The van der Waals surface area contributed by atoms with Gasteiger partial charge < -0.3 is 20.5 Å². The van der Waals surface area contributed by atoms with E-state index >= 15 is 0 Å². The lowest BCUT2D eigenvalue weighted by atomic mass is 9.84. The maximum Gasteiger partial charge on any atom is 0.407 e. The molecule has 2 amide bonds. The van der Waals surface area contributed by atoms with E-state index in [1.165, 1.54) is 11.1 Å². The van der Waals surface area contributed by atoms with Gasteiger partial charge in [-0.3, -0.25) is 9.59 Å². The summed E-state index contributed by atoms with van der Waals surface area (Å²) < 4.78 is 5.55. The third kappa shape index (κ3) is 5.24. The van der Waals surface area contributed by atoms with Gasteiger partial charge in [0, 0.05) is 24.4 Å². The molecule has 2 aliphatic rings. The Morgan fingerprint density at radius 3 is 2.18 bits per heavy atom. The lowest BCUT2D eigenvalue weighted by Crippen LogP contribution is -2.46. The number of hydrogen-bond donors (Lipinski definition) is 3. The molecule has 0 radical (unpaired) electrons. The smallest absolute Gasteiger partial charge is 0.407 e. The second kappa shape index (κ2) is 9.49. The molecule has 7 nitrogen and oxygen atoms in total. The number of ether oxygens (including phenoxy) is 1. The van der Waals surface area contributed by atoms with Crippen LogP contribution in [0.15, 0.2) is 48.5 Å². The number of carboxylic acids is 1. The molecule has 0 heterocycles. The Hall–Kier alpha value is -3.35. The maximum atomic E-state index is 12.6. The number of carbonyl (C=O) groups is 3. The highest BCUT2D eigenvalue weighted by atomic mass is 16.5. The number of benzene rings is 2. The normalized spacial score (nSPS) is 19.5. The predicted molar refractivity (Wildman–Crippen MR) is 128 cm³/mol. The van der Waals surface area contributed by atoms with Gasteiger partial charge in [-0.1, -0.05) is 69.3 Å². The van der Waals surface area contributed by atoms with Gasteiger partial charge in [0.25, 0.3) is 0 Å². The molecule has 180 valence electrons. The molecule has 4 rings (SSSR count). The average Bonchev–Trinajstić information content (AvgIpc) is 3.50. The fourth-order valence-corrected chi connectivity index (χ4v) is 4.69. The molecule has 2 aromatic rings. The summed E-state index contributed by atoms with van der Waals surface area (Å²) in [6.45, 7) is 6.32. The second-order valence-electron chi connectivity index (χ2n) is 10.3. The zero-order valence-corrected chi connectivity index (χ0v) is 19.8. The van der Waals surface area contributed by atoms with Gasteiger partial charge in [-0.15, -0.1) is 0 Å². The van der Waals surface area contributed by atoms with Gasteiger partial charge in [-0.25, -0.2) is 4.79 Å². The number of fused-ring (bicyclic) bond motifs is 3. The molecule has 1 saturated carbocycles. The summed E-state index contributed by atoms with van der Waals surface area (Å²) >= 11 is 0. The summed E-state index contributed by atoms with van der Waals surface area (Å²) in [4.78, 5) is 36.1. The third-order valence-electron chi connectivity index (χ3n) is 6.85. The number of carboxylic acid groups (broad SMARTS) is 1. The summed E-state index contributed by atoms with van der Waals surface area (Å²) in [5, 5.41) is 14.8. The van der Waals surface area contributed by atoms with E-state index in [1.807, 2.05) is 45.0 Å². The molecular weight excluding hydrogens is 432 g/mol. The largest absolute Gasteiger partial charge is 0.481 e. The topological polar surface area (TPSA) is 105 Å². The highest BCUT2D eigenvalue weighted by molar-refractivity contribution is 5.83. The van der Waals surface area contributed by atoms with Gasteiger partial charge in [-0.05, 0) is 40.0 Å². The SMILES string of the molecule is CC(C)(C)C(CC(=O)O)NC(=O)C1CC1CNC(=O)OCC1c2ccccc2-c2ccccc21. The van der Waals surface area contributed by atoms with Gasteiger partial charge in [0.1, 0.15) is 6.61 Å². The number of nitrogens with one attached hydrogen (secondary N) is 2. The Kier molecular flexibility index (Phi) is 6.64. The molecule has 34 heavy (non-hydrogen) atoms. The second-order valence-corrected chi connectivity index (χ2v) is 10.3. The van der Waals surface area contributed by atoms with E-state index in [4.69, 9.17) is 9.84 Å². The lowest BCUT2D eigenvalue weighted by Gasteiger charge is -2.30. The number of alkyl carbamates (subject to hydrolysis) is 1. The molecule has 3 unspecified atom stereocenters. The average molecular weight is 465 g/mol. The summed E-state index contributed by atoms with van der Waals surface area (Å²) in [6.07, 6.45) is 0.0516. The standard InChI is InChI=1S/C27H32N2O5/c1-27(2,3)23(13-24(30)31)29-25(32)21-12-16(21)14-28-26(33)34-15-22-19-10-6-4-8-17(19)18-9-5-7-11-20(18)22/h4-11,16,21-23H,12-15H2,1-3H3,(H,28,33)(H,29,32)(H,30,31). The van der Waals surface area contributed by atoms with Crippen molar-refractivity contribution in [2.75, 3.05) is 13.2 Å². The summed E-state index contributed by atoms with van der Waals surface area (Å²) in [5.74, 6) is -1.27. The molecule has 0 aliphatic heterocycles. The quantitative estimate of drug-likeness (QED) is 0.544. The van der Waals surface area contributed by atoms with Crippen LogP contribution in [0.2, 0.25) is 0 Å². The first-order valence-electron chi connectivity index (χ1n) is 11.8. The fraction of sp³-hybridized carbons (Fsp3) is 0.444. The summed E-state index contributed by atoms with van der Waals surface area (Å²) in [5.41, 5.74) is 4.30. The van der Waals surface area contributed by atoms with Crippen molar-refractivity contribution in [3.05, 3.63) is 59.7 Å². The van der Waals surface area contributed by atoms with E-state index < -0.39 is 18.1 Å². The Balaban J connectivity index is 1.25. The monoisotopic (exact) mass is 464 g/mol. The Labute approximate surface area is 199 Å². The zero-order chi connectivity index (χ0) is 24.5. The van der Waals surface area contributed by atoms with Crippen molar-refractivity contribution >= 4 is 18.0 Å². The minimum absolute atomic E-state index is 0.00108.